The first-order valence-electron chi connectivity index (χ1n) is 9.22. The smallest absolute Gasteiger partial charge is 0.269 e. The first kappa shape index (κ1) is 16.9. The van der Waals surface area contributed by atoms with E-state index < -0.39 is 15.6 Å². The van der Waals surface area contributed by atoms with Crippen molar-refractivity contribution in [2.45, 2.75) is 23.3 Å². The number of aliphatic hydroxyl groups is 1. The minimum absolute atomic E-state index is 0.0523. The summed E-state index contributed by atoms with van der Waals surface area (Å²) in [5.41, 5.74) is -0.408. The van der Waals surface area contributed by atoms with Crippen molar-refractivity contribution in [1.82, 2.24) is 13.9 Å². The van der Waals surface area contributed by atoms with Gasteiger partial charge in [0.1, 0.15) is 5.60 Å². The highest BCUT2D eigenvalue weighted by Crippen LogP contribution is 2.44. The van der Waals surface area contributed by atoms with Gasteiger partial charge in [-0.05, 0) is 62.2 Å². The molecule has 0 saturated carbocycles. The lowest BCUT2D eigenvalue weighted by molar-refractivity contribution is -0.120. The number of pyridine rings is 1. The minimum atomic E-state index is -3.88. The lowest BCUT2D eigenvalue weighted by atomic mass is 9.73. The number of fused-ring (bicyclic) bond motifs is 4. The molecular formula is C20H21N3O3S. The minimum Gasteiger partial charge on any atom is -0.382 e. The molecule has 7 heteroatoms. The van der Waals surface area contributed by atoms with Crippen LogP contribution in [0.15, 0.2) is 59.6 Å². The predicted molar refractivity (Wildman–Crippen MR) is 102 cm³/mol. The Kier molecular flexibility index (Phi) is 3.69. The summed E-state index contributed by atoms with van der Waals surface area (Å²) in [5.74, 6) is 0.0523. The van der Waals surface area contributed by atoms with Crippen LogP contribution >= 0.6 is 0 Å². The lowest BCUT2D eigenvalue weighted by Gasteiger charge is -2.50. The molecule has 3 aliphatic heterocycles. The van der Waals surface area contributed by atoms with E-state index >= 15 is 0 Å². The molecule has 1 N–H and O–H groups in total. The predicted octanol–water partition coefficient (Wildman–Crippen LogP) is 2.19. The first-order valence-corrected chi connectivity index (χ1v) is 10.7. The van der Waals surface area contributed by atoms with Gasteiger partial charge in [-0.25, -0.2) is 17.4 Å². The summed E-state index contributed by atoms with van der Waals surface area (Å²) in [7, 11) is -3.88. The zero-order chi connectivity index (χ0) is 18.6. The molecule has 0 spiro atoms. The molecule has 1 atom stereocenters. The molecule has 0 unspecified atom stereocenters. The maximum atomic E-state index is 13.5. The van der Waals surface area contributed by atoms with Crippen LogP contribution in [0.2, 0.25) is 0 Å². The van der Waals surface area contributed by atoms with Gasteiger partial charge in [0.25, 0.3) is 10.0 Å². The molecule has 3 fully saturated rings. The van der Waals surface area contributed by atoms with Gasteiger partial charge in [0.15, 0.2) is 5.65 Å². The number of rotatable bonds is 3. The number of benzene rings is 1. The average Bonchev–Trinajstić information content (AvgIpc) is 3.11. The zero-order valence-electron chi connectivity index (χ0n) is 14.8. The SMILES string of the molecule is O=S(=O)(c1ccccc1)n1c([C@@]2(O)CN3CCC2CC3)cc2cccnc21. The zero-order valence-corrected chi connectivity index (χ0v) is 15.6. The number of hydrogen-bond acceptors (Lipinski definition) is 5. The number of hydrogen-bond donors (Lipinski definition) is 1. The maximum absolute atomic E-state index is 13.5. The summed E-state index contributed by atoms with van der Waals surface area (Å²) >= 11 is 0. The van der Waals surface area contributed by atoms with Gasteiger partial charge in [-0.2, -0.15) is 0 Å². The summed E-state index contributed by atoms with van der Waals surface area (Å²) in [6.45, 7) is 2.37. The molecule has 6 rings (SSSR count). The van der Waals surface area contributed by atoms with Crippen LogP contribution in [0.4, 0.5) is 0 Å². The Morgan fingerprint density at radius 1 is 1.07 bits per heavy atom. The molecule has 3 aliphatic rings. The van der Waals surface area contributed by atoms with Crippen molar-refractivity contribution < 1.29 is 13.5 Å². The van der Waals surface area contributed by atoms with Crippen LogP contribution in [0.5, 0.6) is 0 Å². The summed E-state index contributed by atoms with van der Waals surface area (Å²) in [6, 6.07) is 13.8. The van der Waals surface area contributed by atoms with Crippen LogP contribution in [0, 0.1) is 5.92 Å². The van der Waals surface area contributed by atoms with Gasteiger partial charge >= 0.3 is 0 Å². The highest BCUT2D eigenvalue weighted by molar-refractivity contribution is 7.90. The molecule has 2 bridgehead atoms. The summed E-state index contributed by atoms with van der Waals surface area (Å²) < 4.78 is 28.3. The van der Waals surface area contributed by atoms with E-state index in [2.05, 4.69) is 9.88 Å². The number of piperidine rings is 3. The number of aromatic nitrogens is 2. The van der Waals surface area contributed by atoms with E-state index in [4.69, 9.17) is 0 Å². The Labute approximate surface area is 158 Å². The van der Waals surface area contributed by atoms with E-state index in [1.54, 1.807) is 48.7 Å². The Hall–Kier alpha value is -2.22. The molecule has 6 nitrogen and oxygen atoms in total. The molecule has 0 radical (unpaired) electrons. The highest BCUT2D eigenvalue weighted by atomic mass is 32.2. The van der Waals surface area contributed by atoms with Crippen LogP contribution in [0.3, 0.4) is 0 Å². The van der Waals surface area contributed by atoms with Crippen molar-refractivity contribution in [1.29, 1.82) is 0 Å². The van der Waals surface area contributed by atoms with E-state index in [1.165, 1.54) is 3.97 Å². The van der Waals surface area contributed by atoms with E-state index in [9.17, 15) is 13.5 Å². The fourth-order valence-corrected chi connectivity index (χ4v) is 6.14. The quantitative estimate of drug-likeness (QED) is 0.750. The summed E-state index contributed by atoms with van der Waals surface area (Å²) in [4.78, 5) is 6.75. The second kappa shape index (κ2) is 5.89. The lowest BCUT2D eigenvalue weighted by Crippen LogP contribution is -2.58. The van der Waals surface area contributed by atoms with Gasteiger partial charge in [0.05, 0.1) is 10.6 Å². The van der Waals surface area contributed by atoms with Gasteiger partial charge in [-0.3, -0.25) is 0 Å². The van der Waals surface area contributed by atoms with Crippen molar-refractivity contribution in [3.63, 3.8) is 0 Å². The molecule has 0 amide bonds. The van der Waals surface area contributed by atoms with Crippen molar-refractivity contribution in [2.75, 3.05) is 19.6 Å². The van der Waals surface area contributed by atoms with Gasteiger partial charge in [-0.1, -0.05) is 18.2 Å². The molecule has 3 saturated heterocycles. The van der Waals surface area contributed by atoms with Gasteiger partial charge in [0.2, 0.25) is 0 Å². The maximum Gasteiger partial charge on any atom is 0.269 e. The molecule has 2 aromatic heterocycles. The molecule has 27 heavy (non-hydrogen) atoms. The third kappa shape index (κ3) is 2.46. The van der Waals surface area contributed by atoms with E-state index in [1.807, 2.05) is 6.07 Å². The Bertz CT molecular complexity index is 1100. The molecular weight excluding hydrogens is 362 g/mol. The third-order valence-electron chi connectivity index (χ3n) is 5.97. The Morgan fingerprint density at radius 2 is 1.81 bits per heavy atom. The molecule has 1 aromatic carbocycles. The second-order valence-electron chi connectivity index (χ2n) is 7.50. The van der Waals surface area contributed by atoms with E-state index in [0.717, 1.165) is 31.3 Å². The highest BCUT2D eigenvalue weighted by Gasteiger charge is 2.49. The Morgan fingerprint density at radius 3 is 2.48 bits per heavy atom. The Balaban J connectivity index is 1.79. The van der Waals surface area contributed by atoms with Crippen LogP contribution in [0.25, 0.3) is 11.0 Å². The van der Waals surface area contributed by atoms with Gasteiger partial charge < -0.3 is 10.0 Å². The van der Waals surface area contributed by atoms with E-state index in [-0.39, 0.29) is 10.8 Å². The molecule has 0 aliphatic carbocycles. The van der Waals surface area contributed by atoms with Crippen molar-refractivity contribution in [2.24, 2.45) is 5.92 Å². The van der Waals surface area contributed by atoms with Crippen LogP contribution in [0.1, 0.15) is 18.5 Å². The monoisotopic (exact) mass is 383 g/mol. The summed E-state index contributed by atoms with van der Waals surface area (Å²) in [6.07, 6.45) is 3.33. The normalized spacial score (nSPS) is 27.9. The fraction of sp³-hybridized carbons (Fsp3) is 0.350. The fourth-order valence-electron chi connectivity index (χ4n) is 4.58. The third-order valence-corrected chi connectivity index (χ3v) is 7.69. The molecule has 140 valence electrons. The summed E-state index contributed by atoms with van der Waals surface area (Å²) in [5, 5.41) is 12.4. The van der Waals surface area contributed by atoms with Crippen molar-refractivity contribution in [3.05, 3.63) is 60.4 Å². The van der Waals surface area contributed by atoms with Crippen molar-refractivity contribution >= 4 is 21.1 Å². The average molecular weight is 383 g/mol. The van der Waals surface area contributed by atoms with Gasteiger partial charge in [0, 0.05) is 18.1 Å². The van der Waals surface area contributed by atoms with Gasteiger partial charge in [-0.15, -0.1) is 0 Å². The van der Waals surface area contributed by atoms with E-state index in [0.29, 0.717) is 17.9 Å². The largest absolute Gasteiger partial charge is 0.382 e. The van der Waals surface area contributed by atoms with Crippen LogP contribution in [-0.4, -0.2) is 47.0 Å². The van der Waals surface area contributed by atoms with Crippen LogP contribution in [-0.2, 0) is 15.6 Å². The number of nitrogens with zero attached hydrogens (tertiary/aromatic N) is 3. The first-order chi connectivity index (χ1) is 13.0. The van der Waals surface area contributed by atoms with Crippen LogP contribution < -0.4 is 0 Å². The van der Waals surface area contributed by atoms with Crippen molar-refractivity contribution in [3.8, 4) is 0 Å². The molecule has 5 heterocycles. The second-order valence-corrected chi connectivity index (χ2v) is 9.29. The standard InChI is InChI=1S/C20H21N3O3S/c24-20(14-22-11-8-16(20)9-12-22)18-13-15-5-4-10-21-19(15)23(18)27(25,26)17-6-2-1-3-7-17/h1-7,10,13,16,24H,8-9,11-12,14H2/t20-/m1/s1. The molecule has 3 aromatic rings. The topological polar surface area (TPSA) is 75.4 Å².